The molecule has 5 heteroatoms. The fourth-order valence-corrected chi connectivity index (χ4v) is 1.42. The summed E-state index contributed by atoms with van der Waals surface area (Å²) in [6.45, 7) is 0.681. The zero-order valence-corrected chi connectivity index (χ0v) is 9.03. The number of methoxy groups -OCH3 is 1. The Morgan fingerprint density at radius 1 is 1.50 bits per heavy atom. The van der Waals surface area contributed by atoms with E-state index in [4.69, 9.17) is 10.5 Å². The minimum absolute atomic E-state index is 0.544. The van der Waals surface area contributed by atoms with Crippen molar-refractivity contribution in [3.8, 4) is 5.75 Å². The van der Waals surface area contributed by atoms with Crippen molar-refractivity contribution in [1.29, 1.82) is 0 Å². The summed E-state index contributed by atoms with van der Waals surface area (Å²) in [7, 11) is 1.65. The third kappa shape index (κ3) is 2.25. The maximum absolute atomic E-state index is 5.66. The molecule has 84 valence electrons. The van der Waals surface area contributed by atoms with Crippen molar-refractivity contribution < 1.29 is 4.74 Å². The number of hydrogen-bond acceptors (Lipinski definition) is 4. The van der Waals surface area contributed by atoms with Gasteiger partial charge in [-0.2, -0.15) is 5.10 Å². The third-order valence-electron chi connectivity index (χ3n) is 2.29. The lowest BCUT2D eigenvalue weighted by molar-refractivity contribution is 0.414. The molecule has 16 heavy (non-hydrogen) atoms. The molecule has 1 aromatic heterocycles. The van der Waals surface area contributed by atoms with E-state index in [2.05, 4.69) is 15.5 Å². The van der Waals surface area contributed by atoms with Gasteiger partial charge in [0.25, 0.3) is 0 Å². The molecule has 0 saturated carbocycles. The fourth-order valence-electron chi connectivity index (χ4n) is 1.42. The van der Waals surface area contributed by atoms with Gasteiger partial charge >= 0.3 is 0 Å². The van der Waals surface area contributed by atoms with E-state index in [-0.39, 0.29) is 0 Å². The van der Waals surface area contributed by atoms with Crippen molar-refractivity contribution in [2.24, 2.45) is 0 Å². The minimum atomic E-state index is 0.544. The second-order valence-electron chi connectivity index (χ2n) is 3.40. The van der Waals surface area contributed by atoms with Gasteiger partial charge in [-0.3, -0.25) is 5.10 Å². The van der Waals surface area contributed by atoms with Crippen LogP contribution in [0.1, 0.15) is 5.56 Å². The minimum Gasteiger partial charge on any atom is -0.497 e. The van der Waals surface area contributed by atoms with Gasteiger partial charge in [-0.1, -0.05) is 12.1 Å². The van der Waals surface area contributed by atoms with Gasteiger partial charge in [0.05, 0.1) is 19.0 Å². The second kappa shape index (κ2) is 4.57. The van der Waals surface area contributed by atoms with Gasteiger partial charge in [0.15, 0.2) is 0 Å². The van der Waals surface area contributed by atoms with E-state index in [9.17, 15) is 0 Å². The molecular weight excluding hydrogens is 204 g/mol. The summed E-state index contributed by atoms with van der Waals surface area (Å²) >= 11 is 0. The highest BCUT2D eigenvalue weighted by Gasteiger charge is 2.00. The number of aromatic nitrogens is 2. The van der Waals surface area contributed by atoms with Crippen LogP contribution in [0.15, 0.2) is 30.5 Å². The van der Waals surface area contributed by atoms with Crippen molar-refractivity contribution in [2.45, 2.75) is 6.54 Å². The van der Waals surface area contributed by atoms with E-state index in [1.165, 1.54) is 0 Å². The van der Waals surface area contributed by atoms with Crippen LogP contribution < -0.4 is 15.8 Å². The largest absolute Gasteiger partial charge is 0.497 e. The molecule has 0 bridgehead atoms. The van der Waals surface area contributed by atoms with Crippen LogP contribution in [0.2, 0.25) is 0 Å². The molecule has 2 rings (SSSR count). The first-order valence-electron chi connectivity index (χ1n) is 4.95. The Morgan fingerprint density at radius 3 is 3.06 bits per heavy atom. The molecule has 0 aliphatic heterocycles. The average molecular weight is 218 g/mol. The van der Waals surface area contributed by atoms with Crippen molar-refractivity contribution in [1.82, 2.24) is 10.2 Å². The van der Waals surface area contributed by atoms with Crippen LogP contribution in [0, 0.1) is 0 Å². The number of nitrogens with one attached hydrogen (secondary N) is 2. The molecule has 5 nitrogen and oxygen atoms in total. The van der Waals surface area contributed by atoms with E-state index in [0.29, 0.717) is 12.4 Å². The number of benzene rings is 1. The summed E-state index contributed by atoms with van der Waals surface area (Å²) in [6, 6.07) is 7.86. The first-order valence-corrected chi connectivity index (χ1v) is 4.95. The normalized spacial score (nSPS) is 10.1. The molecule has 4 N–H and O–H groups in total. The summed E-state index contributed by atoms with van der Waals surface area (Å²) in [5, 5.41) is 9.68. The summed E-state index contributed by atoms with van der Waals surface area (Å²) in [4.78, 5) is 0. The van der Waals surface area contributed by atoms with Crippen molar-refractivity contribution in [3.63, 3.8) is 0 Å². The van der Waals surface area contributed by atoms with Gasteiger partial charge in [0.2, 0.25) is 0 Å². The van der Waals surface area contributed by atoms with Crippen LogP contribution >= 0.6 is 0 Å². The van der Waals surface area contributed by atoms with E-state index < -0.39 is 0 Å². The SMILES string of the molecule is COc1cccc(CNc2cn[nH]c2N)c1. The van der Waals surface area contributed by atoms with Crippen LogP contribution in [0.4, 0.5) is 11.5 Å². The Bertz CT molecular complexity index is 467. The average Bonchev–Trinajstić information content (AvgIpc) is 2.72. The molecule has 0 unspecified atom stereocenters. The predicted octanol–water partition coefficient (Wildman–Crippen LogP) is 1.61. The Hall–Kier alpha value is -2.17. The quantitative estimate of drug-likeness (QED) is 0.728. The predicted molar refractivity (Wildman–Crippen MR) is 63.3 cm³/mol. The number of nitrogens with zero attached hydrogens (tertiary/aromatic N) is 1. The van der Waals surface area contributed by atoms with E-state index >= 15 is 0 Å². The number of nitrogen functional groups attached to an aromatic ring is 1. The lowest BCUT2D eigenvalue weighted by Crippen LogP contribution is -2.01. The number of nitrogens with two attached hydrogens (primary N) is 1. The fraction of sp³-hybridized carbons (Fsp3) is 0.182. The third-order valence-corrected chi connectivity index (χ3v) is 2.29. The van der Waals surface area contributed by atoms with Gasteiger partial charge in [0, 0.05) is 6.54 Å². The summed E-state index contributed by atoms with van der Waals surface area (Å²) in [6.07, 6.45) is 1.66. The highest BCUT2D eigenvalue weighted by Crippen LogP contribution is 2.16. The molecule has 0 spiro atoms. The molecule has 1 heterocycles. The Kier molecular flexibility index (Phi) is 2.95. The van der Waals surface area contributed by atoms with Gasteiger partial charge in [-0.15, -0.1) is 0 Å². The summed E-state index contributed by atoms with van der Waals surface area (Å²) < 4.78 is 5.14. The van der Waals surface area contributed by atoms with Gasteiger partial charge in [-0.25, -0.2) is 0 Å². The highest BCUT2D eigenvalue weighted by atomic mass is 16.5. The monoisotopic (exact) mass is 218 g/mol. The molecule has 0 radical (unpaired) electrons. The van der Waals surface area contributed by atoms with Crippen LogP contribution in [0.5, 0.6) is 5.75 Å². The Morgan fingerprint density at radius 2 is 2.38 bits per heavy atom. The first-order chi connectivity index (χ1) is 7.79. The van der Waals surface area contributed by atoms with Crippen molar-refractivity contribution >= 4 is 11.5 Å². The molecular formula is C11H14N4O. The molecule has 2 aromatic rings. The molecule has 0 amide bonds. The van der Waals surface area contributed by atoms with Crippen LogP contribution in [-0.2, 0) is 6.54 Å². The number of hydrogen-bond donors (Lipinski definition) is 3. The number of H-pyrrole nitrogens is 1. The maximum Gasteiger partial charge on any atom is 0.142 e. The molecule has 0 aliphatic carbocycles. The molecule has 0 saturated heterocycles. The maximum atomic E-state index is 5.66. The zero-order chi connectivity index (χ0) is 11.4. The van der Waals surface area contributed by atoms with Crippen molar-refractivity contribution in [2.75, 3.05) is 18.2 Å². The summed E-state index contributed by atoms with van der Waals surface area (Å²) in [5.74, 6) is 1.39. The lowest BCUT2D eigenvalue weighted by Gasteiger charge is -2.06. The Balaban J connectivity index is 2.02. The second-order valence-corrected chi connectivity index (χ2v) is 3.40. The zero-order valence-electron chi connectivity index (χ0n) is 9.03. The van der Waals surface area contributed by atoms with Crippen LogP contribution in [-0.4, -0.2) is 17.3 Å². The molecule has 0 aliphatic rings. The van der Waals surface area contributed by atoms with E-state index in [1.54, 1.807) is 13.3 Å². The van der Waals surface area contributed by atoms with E-state index in [1.807, 2.05) is 24.3 Å². The first kappa shape index (κ1) is 10.4. The van der Waals surface area contributed by atoms with Crippen LogP contribution in [0.25, 0.3) is 0 Å². The highest BCUT2D eigenvalue weighted by molar-refractivity contribution is 5.60. The molecule has 1 aromatic carbocycles. The lowest BCUT2D eigenvalue weighted by atomic mass is 10.2. The Labute approximate surface area is 93.6 Å². The van der Waals surface area contributed by atoms with Gasteiger partial charge in [-0.05, 0) is 17.7 Å². The van der Waals surface area contributed by atoms with Gasteiger partial charge in [0.1, 0.15) is 11.6 Å². The number of rotatable bonds is 4. The summed E-state index contributed by atoms with van der Waals surface area (Å²) in [5.41, 5.74) is 7.59. The standard InChI is InChI=1S/C11H14N4O/c1-16-9-4-2-3-8(5-9)6-13-10-7-14-15-11(10)12/h2-5,7,13H,6H2,1H3,(H3,12,14,15). The van der Waals surface area contributed by atoms with E-state index in [0.717, 1.165) is 17.0 Å². The number of anilines is 2. The van der Waals surface area contributed by atoms with Crippen LogP contribution in [0.3, 0.4) is 0 Å². The molecule has 0 atom stereocenters. The van der Waals surface area contributed by atoms with Gasteiger partial charge < -0.3 is 15.8 Å². The number of ether oxygens (including phenoxy) is 1. The molecule has 0 fully saturated rings. The van der Waals surface area contributed by atoms with Crippen molar-refractivity contribution in [3.05, 3.63) is 36.0 Å². The topological polar surface area (TPSA) is 76.0 Å². The number of aromatic amines is 1. The smallest absolute Gasteiger partial charge is 0.142 e.